The summed E-state index contributed by atoms with van der Waals surface area (Å²) in [5.41, 5.74) is 0. The molecule has 0 aromatic rings. The van der Waals surface area contributed by atoms with E-state index in [2.05, 4.69) is 48.5 Å². The van der Waals surface area contributed by atoms with E-state index in [1.54, 1.807) is 0 Å². The van der Waals surface area contributed by atoms with Crippen LogP contribution in [0.2, 0.25) is 6.04 Å². The molecular formula is C14H35N3O3Si. The minimum atomic E-state index is -2.81. The van der Waals surface area contributed by atoms with Gasteiger partial charge in [0.15, 0.2) is 0 Å². The third-order valence-electron chi connectivity index (χ3n) is 3.35. The van der Waals surface area contributed by atoms with Crippen LogP contribution < -0.4 is 0 Å². The van der Waals surface area contributed by atoms with Gasteiger partial charge in [-0.15, -0.1) is 0 Å². The molecule has 0 aromatic heterocycles. The average molecular weight is 322 g/mol. The Morgan fingerprint density at radius 1 is 0.524 bits per heavy atom. The van der Waals surface area contributed by atoms with Crippen molar-refractivity contribution < 1.29 is 13.6 Å². The van der Waals surface area contributed by atoms with Crippen molar-refractivity contribution in [2.45, 2.75) is 54.5 Å². The summed E-state index contributed by atoms with van der Waals surface area (Å²) in [7, 11) is -2.81. The summed E-state index contributed by atoms with van der Waals surface area (Å²) in [6, 6.07) is 0.733. The maximum atomic E-state index is 6.20. The monoisotopic (exact) mass is 321 g/mol. The number of hydrogen-bond acceptors (Lipinski definition) is 6. The number of hydrogen-bond donors (Lipinski definition) is 0. The first-order chi connectivity index (χ1) is 10.0. The summed E-state index contributed by atoms with van der Waals surface area (Å²) in [5, 5.41) is 5.76. The molecule has 0 radical (unpaired) electrons. The fourth-order valence-electron chi connectivity index (χ4n) is 1.89. The summed E-state index contributed by atoms with van der Waals surface area (Å²) >= 11 is 0. The molecule has 0 saturated carbocycles. The Morgan fingerprint density at radius 2 is 0.762 bits per heavy atom. The molecule has 0 spiro atoms. The lowest BCUT2D eigenvalue weighted by Gasteiger charge is -2.38. The molecule has 6 nitrogen and oxygen atoms in total. The van der Waals surface area contributed by atoms with Crippen LogP contribution in [-0.4, -0.2) is 63.3 Å². The van der Waals surface area contributed by atoms with Crippen LogP contribution in [0.4, 0.5) is 0 Å². The van der Waals surface area contributed by atoms with Gasteiger partial charge in [-0.25, -0.2) is 0 Å². The molecule has 0 aliphatic carbocycles. The predicted molar refractivity (Wildman–Crippen MR) is 88.3 cm³/mol. The highest BCUT2D eigenvalue weighted by atomic mass is 28.4. The zero-order valence-corrected chi connectivity index (χ0v) is 16.0. The highest BCUT2D eigenvalue weighted by Crippen LogP contribution is 2.20. The van der Waals surface area contributed by atoms with Gasteiger partial charge < -0.3 is 0 Å². The van der Waals surface area contributed by atoms with Crippen molar-refractivity contribution in [3.63, 3.8) is 0 Å². The van der Waals surface area contributed by atoms with Gasteiger partial charge in [-0.05, 0) is 0 Å². The molecule has 0 atom stereocenters. The molecule has 0 fully saturated rings. The predicted octanol–water partition coefficient (Wildman–Crippen LogP) is 2.77. The fraction of sp³-hybridized carbons (Fsp3) is 1.00. The molecule has 0 aromatic carbocycles. The van der Waals surface area contributed by atoms with Crippen LogP contribution in [0.15, 0.2) is 0 Å². The summed E-state index contributed by atoms with van der Waals surface area (Å²) < 4.78 is 18.6. The highest BCUT2D eigenvalue weighted by Gasteiger charge is 2.46. The van der Waals surface area contributed by atoms with Crippen molar-refractivity contribution in [3.05, 3.63) is 0 Å². The zero-order chi connectivity index (χ0) is 16.3. The van der Waals surface area contributed by atoms with Gasteiger partial charge in [0.2, 0.25) is 0 Å². The Kier molecular flexibility index (Phi) is 11.5. The Balaban J connectivity index is 5.14. The smallest absolute Gasteiger partial charge is 0.284 e. The van der Waals surface area contributed by atoms with E-state index in [4.69, 9.17) is 13.6 Å². The van der Waals surface area contributed by atoms with E-state index in [9.17, 15) is 0 Å². The molecule has 0 heterocycles. The van der Waals surface area contributed by atoms with Crippen molar-refractivity contribution in [2.24, 2.45) is 0 Å². The molecule has 7 heteroatoms. The topological polar surface area (TPSA) is 37.4 Å². The average Bonchev–Trinajstić information content (AvgIpc) is 2.54. The van der Waals surface area contributed by atoms with Crippen molar-refractivity contribution in [1.82, 2.24) is 15.2 Å². The van der Waals surface area contributed by atoms with Crippen LogP contribution in [0.1, 0.15) is 48.5 Å². The van der Waals surface area contributed by atoms with Crippen molar-refractivity contribution >= 4 is 8.80 Å². The lowest BCUT2D eigenvalue weighted by atomic mass is 10.6. The van der Waals surface area contributed by atoms with E-state index < -0.39 is 8.80 Å². The molecule has 0 amide bonds. The number of rotatable bonds is 13. The number of nitrogens with zero attached hydrogens (tertiary/aromatic N) is 3. The van der Waals surface area contributed by atoms with Crippen molar-refractivity contribution in [3.8, 4) is 0 Å². The second-order valence-corrected chi connectivity index (χ2v) is 7.27. The van der Waals surface area contributed by atoms with Crippen LogP contribution >= 0.6 is 0 Å². The van der Waals surface area contributed by atoms with E-state index >= 15 is 0 Å². The van der Waals surface area contributed by atoms with Gasteiger partial charge >= 0.3 is 8.80 Å². The van der Waals surface area contributed by atoms with Crippen molar-refractivity contribution in [2.75, 3.05) is 39.3 Å². The van der Waals surface area contributed by atoms with Gasteiger partial charge in [-0.1, -0.05) is 48.5 Å². The highest BCUT2D eigenvalue weighted by molar-refractivity contribution is 6.60. The summed E-state index contributed by atoms with van der Waals surface area (Å²) in [4.78, 5) is 0. The molecule has 0 aliphatic rings. The van der Waals surface area contributed by atoms with Crippen LogP contribution in [-0.2, 0) is 13.6 Å². The maximum Gasteiger partial charge on any atom is 0.552 e. The second kappa shape index (κ2) is 11.5. The van der Waals surface area contributed by atoms with E-state index in [1.165, 1.54) is 0 Å². The molecule has 128 valence electrons. The lowest BCUT2D eigenvalue weighted by Crippen LogP contribution is -2.56. The first kappa shape index (κ1) is 21.0. The van der Waals surface area contributed by atoms with E-state index in [-0.39, 0.29) is 0 Å². The van der Waals surface area contributed by atoms with Crippen LogP contribution in [0, 0.1) is 0 Å². The normalized spacial score (nSPS) is 12.9. The van der Waals surface area contributed by atoms with Crippen LogP contribution in [0.3, 0.4) is 0 Å². The fourth-order valence-corrected chi connectivity index (χ4v) is 4.33. The van der Waals surface area contributed by atoms with E-state index in [1.807, 2.05) is 15.2 Å². The Bertz CT molecular complexity index is 212. The zero-order valence-electron chi connectivity index (χ0n) is 15.0. The Morgan fingerprint density at radius 3 is 0.905 bits per heavy atom. The number of hydroxylamine groups is 6. The quantitative estimate of drug-likeness (QED) is 0.383. The first-order valence-electron chi connectivity index (χ1n) is 8.36. The first-order valence-corrected chi connectivity index (χ1v) is 10.3. The van der Waals surface area contributed by atoms with Gasteiger partial charge in [-0.2, -0.15) is 15.2 Å². The van der Waals surface area contributed by atoms with Gasteiger partial charge in [0.25, 0.3) is 0 Å². The summed E-state index contributed by atoms with van der Waals surface area (Å²) in [5.74, 6) is 0. The molecular weight excluding hydrogens is 286 g/mol. The third kappa shape index (κ3) is 7.18. The summed E-state index contributed by atoms with van der Waals surface area (Å²) in [6.45, 7) is 19.4. The Labute approximate surface area is 132 Å². The molecule has 0 aliphatic heterocycles. The molecule has 0 rings (SSSR count). The maximum absolute atomic E-state index is 6.20. The largest absolute Gasteiger partial charge is 0.552 e. The Hall–Kier alpha value is -0.0231. The molecule has 0 saturated heterocycles. The summed E-state index contributed by atoms with van der Waals surface area (Å²) in [6.07, 6.45) is 0. The molecule has 21 heavy (non-hydrogen) atoms. The van der Waals surface area contributed by atoms with Crippen molar-refractivity contribution in [1.29, 1.82) is 0 Å². The SMILES string of the molecule is CCN(CC)O[Si](CC)(ON(CC)CC)ON(CC)CC. The molecule has 0 N–H and O–H groups in total. The van der Waals surface area contributed by atoms with Crippen LogP contribution in [0.5, 0.6) is 0 Å². The second-order valence-electron chi connectivity index (χ2n) is 4.65. The van der Waals surface area contributed by atoms with Gasteiger partial charge in [-0.3, -0.25) is 13.6 Å². The van der Waals surface area contributed by atoms with Crippen LogP contribution in [0.25, 0.3) is 0 Å². The standard InChI is InChI=1S/C14H35N3O3Si/c1-8-15(9-2)18-21(14-7,19-16(10-3)11-4)20-17(12-5)13-6/h8-14H2,1-7H3. The van der Waals surface area contributed by atoms with Gasteiger partial charge in [0.1, 0.15) is 0 Å². The molecule has 0 unspecified atom stereocenters. The van der Waals surface area contributed by atoms with E-state index in [0.717, 1.165) is 45.3 Å². The minimum Gasteiger partial charge on any atom is -0.284 e. The third-order valence-corrected chi connectivity index (χ3v) is 5.83. The molecule has 0 bridgehead atoms. The van der Waals surface area contributed by atoms with Gasteiger partial charge in [0.05, 0.1) is 0 Å². The minimum absolute atomic E-state index is 0.733. The lowest BCUT2D eigenvalue weighted by molar-refractivity contribution is -0.222. The van der Waals surface area contributed by atoms with E-state index in [0.29, 0.717) is 0 Å². The van der Waals surface area contributed by atoms with Gasteiger partial charge in [0, 0.05) is 45.3 Å².